The van der Waals surface area contributed by atoms with E-state index < -0.39 is 5.97 Å². The molecule has 0 atom stereocenters. The van der Waals surface area contributed by atoms with Crippen LogP contribution >= 0.6 is 15.9 Å². The van der Waals surface area contributed by atoms with E-state index in [0.717, 1.165) is 0 Å². The normalized spacial score (nSPS) is 9.31. The number of nitriles is 1. The van der Waals surface area contributed by atoms with Gasteiger partial charge in [0.1, 0.15) is 6.07 Å². The molecule has 0 heterocycles. The van der Waals surface area contributed by atoms with E-state index in [2.05, 4.69) is 15.9 Å². The molecule has 0 bridgehead atoms. The number of halogens is 1. The van der Waals surface area contributed by atoms with Crippen molar-refractivity contribution in [1.82, 2.24) is 0 Å². The average Bonchev–Trinajstić information content (AvgIpc) is 2.28. The van der Waals surface area contributed by atoms with Crippen molar-refractivity contribution in [3.05, 3.63) is 33.3 Å². The highest BCUT2D eigenvalue weighted by Crippen LogP contribution is 2.22. The lowest BCUT2D eigenvalue weighted by molar-refractivity contribution is 0.0524. The van der Waals surface area contributed by atoms with Crippen LogP contribution in [0.1, 0.15) is 33.2 Å². The summed E-state index contributed by atoms with van der Waals surface area (Å²) in [5.74, 6) is -0.603. The van der Waals surface area contributed by atoms with Crippen LogP contribution in [0.25, 0.3) is 0 Å². The number of nitrogens with zero attached hydrogens (tertiary/aromatic N) is 1. The van der Waals surface area contributed by atoms with Crippen molar-refractivity contribution >= 4 is 28.2 Å². The highest BCUT2D eigenvalue weighted by Gasteiger charge is 2.17. The molecule has 0 aliphatic carbocycles. The van der Waals surface area contributed by atoms with Crippen molar-refractivity contribution in [3.63, 3.8) is 0 Å². The number of carbonyl (C=O) groups is 2. The molecule has 0 unspecified atom stereocenters. The van der Waals surface area contributed by atoms with Gasteiger partial charge in [-0.1, -0.05) is 0 Å². The van der Waals surface area contributed by atoms with E-state index in [4.69, 9.17) is 10.00 Å². The van der Waals surface area contributed by atoms with Crippen molar-refractivity contribution < 1.29 is 14.3 Å². The van der Waals surface area contributed by atoms with E-state index >= 15 is 0 Å². The molecule has 0 aliphatic heterocycles. The molecule has 5 heteroatoms. The highest BCUT2D eigenvalue weighted by molar-refractivity contribution is 9.10. The summed E-state index contributed by atoms with van der Waals surface area (Å²) in [5, 5.41) is 8.88. The number of rotatable bonds is 3. The van der Waals surface area contributed by atoms with Gasteiger partial charge in [0, 0.05) is 10.0 Å². The van der Waals surface area contributed by atoms with Crippen LogP contribution < -0.4 is 0 Å². The molecule has 1 aromatic rings. The Hall–Kier alpha value is -1.67. The number of aldehydes is 1. The second-order valence-corrected chi connectivity index (χ2v) is 3.69. The largest absolute Gasteiger partial charge is 0.462 e. The van der Waals surface area contributed by atoms with Crippen molar-refractivity contribution in [2.75, 3.05) is 6.61 Å². The fourth-order valence-corrected chi connectivity index (χ4v) is 1.65. The van der Waals surface area contributed by atoms with Crippen LogP contribution in [0.2, 0.25) is 0 Å². The van der Waals surface area contributed by atoms with E-state index in [1.54, 1.807) is 6.92 Å². The molecule has 0 radical (unpaired) electrons. The number of esters is 1. The Morgan fingerprint density at radius 3 is 2.81 bits per heavy atom. The smallest absolute Gasteiger partial charge is 0.338 e. The van der Waals surface area contributed by atoms with Crippen LogP contribution in [0.5, 0.6) is 0 Å². The fraction of sp³-hybridized carbons (Fsp3) is 0.182. The van der Waals surface area contributed by atoms with Gasteiger partial charge in [0.15, 0.2) is 6.29 Å². The summed E-state index contributed by atoms with van der Waals surface area (Å²) in [6.07, 6.45) is 0.482. The summed E-state index contributed by atoms with van der Waals surface area (Å²) in [7, 11) is 0. The van der Waals surface area contributed by atoms with Gasteiger partial charge in [0.05, 0.1) is 17.7 Å². The van der Waals surface area contributed by atoms with E-state index in [1.807, 2.05) is 6.07 Å². The van der Waals surface area contributed by atoms with Crippen LogP contribution in [0, 0.1) is 11.3 Å². The molecule has 0 N–H and O–H groups in total. The zero-order chi connectivity index (χ0) is 12.1. The average molecular weight is 282 g/mol. The van der Waals surface area contributed by atoms with Gasteiger partial charge in [-0.05, 0) is 35.0 Å². The molecule has 1 rings (SSSR count). The minimum absolute atomic E-state index is 0.0512. The number of hydrogen-bond donors (Lipinski definition) is 0. The van der Waals surface area contributed by atoms with Crippen LogP contribution in [-0.2, 0) is 4.74 Å². The summed E-state index contributed by atoms with van der Waals surface area (Å²) in [6, 6.07) is 4.86. The van der Waals surface area contributed by atoms with Gasteiger partial charge in [0.25, 0.3) is 0 Å². The Bertz CT molecular complexity index is 477. The Kier molecular flexibility index (Phi) is 4.20. The lowest BCUT2D eigenvalue weighted by atomic mass is 10.0. The summed E-state index contributed by atoms with van der Waals surface area (Å²) < 4.78 is 5.26. The van der Waals surface area contributed by atoms with Gasteiger partial charge >= 0.3 is 5.97 Å². The maximum atomic E-state index is 11.5. The van der Waals surface area contributed by atoms with Crippen molar-refractivity contribution in [2.24, 2.45) is 0 Å². The van der Waals surface area contributed by atoms with Crippen LogP contribution in [0.3, 0.4) is 0 Å². The molecule has 1 aromatic carbocycles. The predicted molar refractivity (Wildman–Crippen MR) is 60.2 cm³/mol. The Morgan fingerprint density at radius 1 is 1.62 bits per heavy atom. The van der Waals surface area contributed by atoms with Gasteiger partial charge in [0.2, 0.25) is 0 Å². The third kappa shape index (κ3) is 2.28. The number of hydrogen-bond acceptors (Lipinski definition) is 4. The van der Waals surface area contributed by atoms with Gasteiger partial charge < -0.3 is 4.74 Å². The first-order chi connectivity index (χ1) is 7.65. The third-order valence-electron chi connectivity index (χ3n) is 1.92. The zero-order valence-electron chi connectivity index (χ0n) is 8.49. The quantitative estimate of drug-likeness (QED) is 0.630. The maximum absolute atomic E-state index is 11.5. The third-order valence-corrected chi connectivity index (χ3v) is 2.58. The number of benzene rings is 1. The van der Waals surface area contributed by atoms with Gasteiger partial charge in [-0.25, -0.2) is 4.79 Å². The van der Waals surface area contributed by atoms with Gasteiger partial charge in [-0.15, -0.1) is 0 Å². The summed E-state index contributed by atoms with van der Waals surface area (Å²) in [4.78, 5) is 22.4. The monoisotopic (exact) mass is 281 g/mol. The van der Waals surface area contributed by atoms with E-state index in [-0.39, 0.29) is 23.3 Å². The minimum atomic E-state index is -0.603. The highest BCUT2D eigenvalue weighted by atomic mass is 79.9. The van der Waals surface area contributed by atoms with E-state index in [9.17, 15) is 9.59 Å². The van der Waals surface area contributed by atoms with E-state index in [0.29, 0.717) is 10.8 Å². The molecule has 0 saturated carbocycles. The summed E-state index contributed by atoms with van der Waals surface area (Å²) in [5.41, 5.74) is 0.299. The lowest BCUT2D eigenvalue weighted by Gasteiger charge is -2.06. The van der Waals surface area contributed by atoms with Crippen LogP contribution in [0.15, 0.2) is 16.6 Å². The second kappa shape index (κ2) is 5.42. The standard InChI is InChI=1S/C11H8BrNO3/c1-2-16-11(15)7-3-4-10(12)8(5-13)9(7)6-14/h3-4,6H,2H2,1H3. The molecule has 0 aromatic heterocycles. The van der Waals surface area contributed by atoms with Crippen LogP contribution in [-0.4, -0.2) is 18.9 Å². The topological polar surface area (TPSA) is 67.2 Å². The number of carbonyl (C=O) groups excluding carboxylic acids is 2. The molecule has 0 fully saturated rings. The molecule has 16 heavy (non-hydrogen) atoms. The second-order valence-electron chi connectivity index (χ2n) is 2.83. The SMILES string of the molecule is CCOC(=O)c1ccc(Br)c(C#N)c1C=O. The Labute approximate surface area is 101 Å². The van der Waals surface area contributed by atoms with Gasteiger partial charge in [-0.3, -0.25) is 4.79 Å². The maximum Gasteiger partial charge on any atom is 0.338 e. The molecule has 82 valence electrons. The number of ether oxygens (including phenoxy) is 1. The van der Waals surface area contributed by atoms with Crippen LogP contribution in [0.4, 0.5) is 0 Å². The Morgan fingerprint density at radius 2 is 2.31 bits per heavy atom. The molecule has 0 spiro atoms. The molecular weight excluding hydrogens is 274 g/mol. The Balaban J connectivity index is 3.37. The fourth-order valence-electron chi connectivity index (χ4n) is 1.22. The summed E-state index contributed by atoms with van der Waals surface area (Å²) in [6.45, 7) is 1.89. The molecular formula is C11H8BrNO3. The summed E-state index contributed by atoms with van der Waals surface area (Å²) >= 11 is 3.14. The predicted octanol–water partition coefficient (Wildman–Crippen LogP) is 2.31. The first-order valence-electron chi connectivity index (χ1n) is 4.50. The van der Waals surface area contributed by atoms with Crippen molar-refractivity contribution in [1.29, 1.82) is 5.26 Å². The van der Waals surface area contributed by atoms with Crippen molar-refractivity contribution in [2.45, 2.75) is 6.92 Å². The van der Waals surface area contributed by atoms with Gasteiger partial charge in [-0.2, -0.15) is 5.26 Å². The molecule has 0 aliphatic rings. The first kappa shape index (κ1) is 12.4. The molecule has 0 saturated heterocycles. The zero-order valence-corrected chi connectivity index (χ0v) is 10.1. The lowest BCUT2D eigenvalue weighted by Crippen LogP contribution is -2.09. The molecule has 0 amide bonds. The van der Waals surface area contributed by atoms with E-state index in [1.165, 1.54) is 12.1 Å². The first-order valence-corrected chi connectivity index (χ1v) is 5.29. The molecule has 4 nitrogen and oxygen atoms in total. The van der Waals surface area contributed by atoms with Crippen molar-refractivity contribution in [3.8, 4) is 6.07 Å². The minimum Gasteiger partial charge on any atom is -0.462 e.